The largest absolute Gasteiger partial charge is 0.507 e. The molecule has 0 spiro atoms. The van der Waals surface area contributed by atoms with Gasteiger partial charge in [0.05, 0.1) is 22.6 Å². The monoisotopic (exact) mass is 384 g/mol. The number of aromatic amines is 1. The Balaban J connectivity index is 0.000000499. The number of aromatic nitrogens is 2. The summed E-state index contributed by atoms with van der Waals surface area (Å²) in [6.45, 7) is 5.01. The van der Waals surface area contributed by atoms with Crippen molar-refractivity contribution in [2.24, 2.45) is 5.84 Å². The lowest BCUT2D eigenvalue weighted by molar-refractivity contribution is -0.106. The van der Waals surface area contributed by atoms with Crippen molar-refractivity contribution in [3.05, 3.63) is 23.4 Å². The lowest BCUT2D eigenvalue weighted by Gasteiger charge is -2.29. The smallest absolute Gasteiger partial charge is 0.137 e. The molecule has 7 N–H and O–H groups in total. The predicted molar refractivity (Wildman–Crippen MR) is 102 cm³/mol. The summed E-state index contributed by atoms with van der Waals surface area (Å²) >= 11 is 5.92. The lowest BCUT2D eigenvalue weighted by atomic mass is 10.1. The zero-order valence-corrected chi connectivity index (χ0v) is 15.5. The maximum atomic E-state index is 10.0. The van der Waals surface area contributed by atoms with Gasteiger partial charge in [0.15, 0.2) is 0 Å². The Hall–Kier alpha value is -2.33. The number of hydrogen-bond acceptors (Lipinski definition) is 8. The van der Waals surface area contributed by atoms with E-state index in [9.17, 15) is 10.2 Å². The van der Waals surface area contributed by atoms with E-state index in [-0.39, 0.29) is 16.5 Å². The SMILES string of the molecule is CC=O.CNN.Oc1cc(O)c(-c2[nH]ncc2N2CCNCC2)cc1Cl. The molecule has 0 aliphatic carbocycles. The van der Waals surface area contributed by atoms with E-state index in [2.05, 4.69) is 31.7 Å². The van der Waals surface area contributed by atoms with E-state index in [1.165, 1.54) is 19.1 Å². The number of carbonyl (C=O) groups is 1. The van der Waals surface area contributed by atoms with E-state index >= 15 is 0 Å². The topological polar surface area (TPSA) is 140 Å². The van der Waals surface area contributed by atoms with E-state index < -0.39 is 0 Å². The van der Waals surface area contributed by atoms with Crippen molar-refractivity contribution >= 4 is 23.6 Å². The summed E-state index contributed by atoms with van der Waals surface area (Å²) < 4.78 is 0. The van der Waals surface area contributed by atoms with Gasteiger partial charge in [-0.25, -0.2) is 0 Å². The summed E-state index contributed by atoms with van der Waals surface area (Å²) in [6.07, 6.45) is 2.49. The van der Waals surface area contributed by atoms with Gasteiger partial charge in [-0.2, -0.15) is 5.10 Å². The van der Waals surface area contributed by atoms with Crippen LogP contribution in [0.2, 0.25) is 5.02 Å². The van der Waals surface area contributed by atoms with E-state index in [0.29, 0.717) is 11.3 Å². The van der Waals surface area contributed by atoms with Gasteiger partial charge >= 0.3 is 0 Å². The number of aldehydes is 1. The second kappa shape index (κ2) is 11.3. The zero-order chi connectivity index (χ0) is 19.5. The van der Waals surface area contributed by atoms with Crippen LogP contribution in [0.5, 0.6) is 11.5 Å². The molecule has 2 heterocycles. The molecule has 0 saturated carbocycles. The van der Waals surface area contributed by atoms with Crippen molar-refractivity contribution in [1.82, 2.24) is 20.9 Å². The molecule has 26 heavy (non-hydrogen) atoms. The molecule has 0 atom stereocenters. The molecule has 1 saturated heterocycles. The highest BCUT2D eigenvalue weighted by molar-refractivity contribution is 6.32. The fourth-order valence-electron chi connectivity index (χ4n) is 2.37. The quantitative estimate of drug-likeness (QED) is 0.254. The molecule has 144 valence electrons. The Morgan fingerprint density at radius 3 is 2.46 bits per heavy atom. The number of hydrogen-bond donors (Lipinski definition) is 6. The molecular weight excluding hydrogens is 360 g/mol. The average molecular weight is 385 g/mol. The highest BCUT2D eigenvalue weighted by atomic mass is 35.5. The van der Waals surface area contributed by atoms with Gasteiger partial charge in [0.25, 0.3) is 0 Å². The van der Waals surface area contributed by atoms with Crippen molar-refractivity contribution in [1.29, 1.82) is 0 Å². The van der Waals surface area contributed by atoms with Gasteiger partial charge in [-0.1, -0.05) is 11.6 Å². The number of piperazine rings is 1. The number of carbonyl (C=O) groups excluding carboxylic acids is 1. The van der Waals surface area contributed by atoms with Crippen LogP contribution in [0.15, 0.2) is 18.3 Å². The van der Waals surface area contributed by atoms with Crippen LogP contribution in [0.4, 0.5) is 5.69 Å². The first-order valence-electron chi connectivity index (χ1n) is 7.98. The number of halogens is 1. The Bertz CT molecular complexity index is 689. The van der Waals surface area contributed by atoms with Crippen molar-refractivity contribution in [2.75, 3.05) is 38.1 Å². The molecule has 1 aliphatic rings. The minimum absolute atomic E-state index is 0.0347. The predicted octanol–water partition coefficient (Wildman–Crippen LogP) is 0.836. The van der Waals surface area contributed by atoms with Crippen LogP contribution in [-0.4, -0.2) is 59.9 Å². The van der Waals surface area contributed by atoms with Crippen LogP contribution in [-0.2, 0) is 4.79 Å². The van der Waals surface area contributed by atoms with Gasteiger partial charge in [-0.05, 0) is 20.0 Å². The summed E-state index contributed by atoms with van der Waals surface area (Å²) in [5.74, 6) is 4.42. The van der Waals surface area contributed by atoms with Gasteiger partial charge in [0.2, 0.25) is 0 Å². The lowest BCUT2D eigenvalue weighted by Crippen LogP contribution is -2.43. The summed E-state index contributed by atoms with van der Waals surface area (Å²) in [6, 6.07) is 2.77. The Morgan fingerprint density at radius 2 is 1.88 bits per heavy atom. The van der Waals surface area contributed by atoms with Crippen LogP contribution in [0.25, 0.3) is 11.3 Å². The fourth-order valence-corrected chi connectivity index (χ4v) is 2.54. The third-order valence-electron chi connectivity index (χ3n) is 3.41. The van der Waals surface area contributed by atoms with Gasteiger partial charge in [0, 0.05) is 37.8 Å². The van der Waals surface area contributed by atoms with Crippen LogP contribution in [0, 0.1) is 0 Å². The highest BCUT2D eigenvalue weighted by Crippen LogP contribution is 2.39. The zero-order valence-electron chi connectivity index (χ0n) is 14.8. The molecule has 1 aromatic heterocycles. The number of phenolic OH excluding ortho intramolecular Hbond substituents is 2. The van der Waals surface area contributed by atoms with Gasteiger partial charge in [-0.15, -0.1) is 0 Å². The van der Waals surface area contributed by atoms with Gasteiger partial charge in [0.1, 0.15) is 17.8 Å². The third-order valence-corrected chi connectivity index (χ3v) is 3.71. The Morgan fingerprint density at radius 1 is 1.31 bits per heavy atom. The maximum absolute atomic E-state index is 10.0. The van der Waals surface area contributed by atoms with E-state index in [1.807, 2.05) is 0 Å². The molecular formula is C16H25ClN6O3. The Labute approximate surface area is 157 Å². The fraction of sp³-hybridized carbons (Fsp3) is 0.375. The number of aromatic hydroxyl groups is 2. The highest BCUT2D eigenvalue weighted by Gasteiger charge is 2.20. The summed E-state index contributed by atoms with van der Waals surface area (Å²) in [4.78, 5) is 11.0. The molecule has 10 heteroatoms. The number of phenols is 2. The van der Waals surface area contributed by atoms with Crippen LogP contribution in [0.3, 0.4) is 0 Å². The first-order chi connectivity index (χ1) is 12.5. The number of benzene rings is 1. The number of anilines is 1. The van der Waals surface area contributed by atoms with Crippen molar-refractivity contribution in [3.8, 4) is 22.8 Å². The molecule has 0 amide bonds. The number of nitrogens with one attached hydrogen (secondary N) is 3. The first kappa shape index (κ1) is 21.7. The van der Waals surface area contributed by atoms with Gasteiger partial charge < -0.3 is 25.2 Å². The number of nitrogens with two attached hydrogens (primary N) is 1. The van der Waals surface area contributed by atoms with Crippen molar-refractivity contribution < 1.29 is 15.0 Å². The first-order valence-corrected chi connectivity index (χ1v) is 8.35. The molecule has 0 unspecified atom stereocenters. The second-order valence-electron chi connectivity index (χ2n) is 5.21. The van der Waals surface area contributed by atoms with E-state index in [1.54, 1.807) is 13.2 Å². The number of nitrogens with zero attached hydrogens (tertiary/aromatic N) is 2. The summed E-state index contributed by atoms with van der Waals surface area (Å²) in [7, 11) is 1.65. The maximum Gasteiger partial charge on any atom is 0.137 e. The van der Waals surface area contributed by atoms with Crippen molar-refractivity contribution in [3.63, 3.8) is 0 Å². The van der Waals surface area contributed by atoms with E-state index in [0.717, 1.165) is 38.2 Å². The third kappa shape index (κ3) is 5.88. The molecule has 3 rings (SSSR count). The van der Waals surface area contributed by atoms with Crippen LogP contribution in [0.1, 0.15) is 6.92 Å². The number of H-pyrrole nitrogens is 1. The molecule has 1 aromatic carbocycles. The number of hydrazine groups is 1. The molecule has 1 aliphatic heterocycles. The molecule has 0 bridgehead atoms. The number of rotatable bonds is 2. The molecule has 9 nitrogen and oxygen atoms in total. The second-order valence-corrected chi connectivity index (χ2v) is 5.62. The minimum atomic E-state index is -0.142. The molecule has 0 radical (unpaired) electrons. The Kier molecular flexibility index (Phi) is 9.45. The van der Waals surface area contributed by atoms with E-state index in [4.69, 9.17) is 16.4 Å². The van der Waals surface area contributed by atoms with Crippen LogP contribution < -0.4 is 21.5 Å². The standard InChI is InChI=1S/C13H15ClN4O2.C2H4O.CH6N2/c14-9-5-8(11(19)6-12(9)20)13-10(7-16-17-13)18-3-1-15-2-4-18;1-2-3;1-3-2/h5-7,15,19-20H,1-4H2,(H,16,17);2H,1H3;3H,2H2,1H3. The van der Waals surface area contributed by atoms with Crippen LogP contribution >= 0.6 is 11.6 Å². The van der Waals surface area contributed by atoms with Crippen molar-refractivity contribution in [2.45, 2.75) is 6.92 Å². The summed E-state index contributed by atoms with van der Waals surface area (Å²) in [5.41, 5.74) is 4.40. The van der Waals surface area contributed by atoms with Gasteiger partial charge in [-0.3, -0.25) is 16.4 Å². The molecule has 2 aromatic rings. The summed E-state index contributed by atoms with van der Waals surface area (Å²) in [5, 5.41) is 30.0. The normalized spacial score (nSPS) is 13.2. The molecule has 1 fully saturated rings. The minimum Gasteiger partial charge on any atom is -0.507 e. The average Bonchev–Trinajstić information content (AvgIpc) is 3.10.